The van der Waals surface area contributed by atoms with E-state index in [1.165, 1.54) is 29.0 Å². The second-order valence-corrected chi connectivity index (χ2v) is 13.1. The minimum absolute atomic E-state index is 0.0535. The van der Waals surface area contributed by atoms with Crippen LogP contribution >= 0.6 is 19.4 Å². The predicted molar refractivity (Wildman–Crippen MR) is 185 cm³/mol. The zero-order valence-corrected chi connectivity index (χ0v) is 28.7. The number of ether oxygens (including phenoxy) is 4. The fourth-order valence-electron chi connectivity index (χ4n) is 5.90. The number of phosphoric ester groups is 1. The Morgan fingerprint density at radius 1 is 0.860 bits per heavy atom. The van der Waals surface area contributed by atoms with Crippen molar-refractivity contribution >= 4 is 19.4 Å². The minimum atomic E-state index is -4.82. The zero-order valence-electron chi connectivity index (χ0n) is 27.0. The molecule has 1 saturated heterocycles. The van der Waals surface area contributed by atoms with Crippen molar-refractivity contribution in [3.05, 3.63) is 158 Å². The van der Waals surface area contributed by atoms with Crippen LogP contribution in [-0.4, -0.2) is 47.5 Å². The zero-order chi connectivity index (χ0) is 35.3. The molecule has 12 nitrogen and oxygen atoms in total. The molecule has 4 aromatic carbocycles. The summed E-state index contributed by atoms with van der Waals surface area (Å²) < 4.78 is 49.8. The van der Waals surface area contributed by atoms with Crippen LogP contribution in [0.2, 0.25) is 5.02 Å². The van der Waals surface area contributed by atoms with Crippen LogP contribution in [0.25, 0.3) is 0 Å². The number of halogens is 1. The molecule has 0 aliphatic carbocycles. The van der Waals surface area contributed by atoms with Gasteiger partial charge in [0.25, 0.3) is 5.56 Å². The number of hydrogen-bond acceptors (Lipinski definition) is 9. The number of benzene rings is 4. The minimum Gasteiger partial charge on any atom is -0.497 e. The average Bonchev–Trinajstić information content (AvgIpc) is 3.51. The van der Waals surface area contributed by atoms with Crippen molar-refractivity contribution < 1.29 is 37.5 Å². The van der Waals surface area contributed by atoms with Gasteiger partial charge in [0.15, 0.2) is 0 Å². The maximum atomic E-state index is 13.4. The van der Waals surface area contributed by atoms with Crippen molar-refractivity contribution in [3.8, 4) is 17.2 Å². The van der Waals surface area contributed by atoms with Crippen LogP contribution in [0.15, 0.2) is 125 Å². The van der Waals surface area contributed by atoms with Crippen LogP contribution < -0.4 is 25.2 Å². The summed E-state index contributed by atoms with van der Waals surface area (Å²) in [5.74, 6) is 1.23. The molecule has 14 heteroatoms. The van der Waals surface area contributed by atoms with E-state index in [9.17, 15) is 19.0 Å². The van der Waals surface area contributed by atoms with Crippen LogP contribution in [0.4, 0.5) is 0 Å². The summed E-state index contributed by atoms with van der Waals surface area (Å²) >= 11 is 6.18. The third-order valence-electron chi connectivity index (χ3n) is 8.30. The number of rotatable bonds is 13. The second kappa shape index (κ2) is 15.1. The largest absolute Gasteiger partial charge is 0.527 e. The molecule has 2 heterocycles. The van der Waals surface area contributed by atoms with Crippen molar-refractivity contribution in [1.82, 2.24) is 9.55 Å². The van der Waals surface area contributed by atoms with Crippen LogP contribution in [0.3, 0.4) is 0 Å². The van der Waals surface area contributed by atoms with Crippen molar-refractivity contribution in [2.45, 2.75) is 30.5 Å². The van der Waals surface area contributed by atoms with E-state index in [1.54, 1.807) is 26.4 Å². The highest BCUT2D eigenvalue weighted by atomic mass is 35.5. The molecule has 260 valence electrons. The fourth-order valence-corrected chi connectivity index (χ4v) is 7.15. The van der Waals surface area contributed by atoms with Gasteiger partial charge in [-0.05, 0) is 53.1 Å². The lowest BCUT2D eigenvalue weighted by Crippen LogP contribution is -2.38. The first kappa shape index (κ1) is 35.2. The number of nitrogens with one attached hydrogen (secondary N) is 1. The summed E-state index contributed by atoms with van der Waals surface area (Å²) in [5, 5.41) is 0.109. The molecule has 1 aromatic heterocycles. The Morgan fingerprint density at radius 3 is 2.02 bits per heavy atom. The van der Waals surface area contributed by atoms with Gasteiger partial charge in [0, 0.05) is 18.7 Å². The van der Waals surface area contributed by atoms with E-state index in [1.807, 2.05) is 78.9 Å². The van der Waals surface area contributed by atoms with Gasteiger partial charge in [-0.3, -0.25) is 23.8 Å². The quantitative estimate of drug-likeness (QED) is 0.109. The molecular formula is C36H34ClN2O10P. The number of aromatic amines is 1. The summed E-state index contributed by atoms with van der Waals surface area (Å²) in [7, 11) is -1.66. The first-order valence-electron chi connectivity index (χ1n) is 15.5. The van der Waals surface area contributed by atoms with Gasteiger partial charge in [0.1, 0.15) is 41.3 Å². The topological polar surface area (TPSA) is 148 Å². The van der Waals surface area contributed by atoms with E-state index in [4.69, 9.17) is 39.6 Å². The van der Waals surface area contributed by atoms with Crippen molar-refractivity contribution in [1.29, 1.82) is 0 Å². The smallest absolute Gasteiger partial charge is 0.497 e. The Hall–Kier alpha value is -4.68. The molecule has 0 bridgehead atoms. The molecule has 4 atom stereocenters. The highest BCUT2D eigenvalue weighted by molar-refractivity contribution is 7.47. The monoisotopic (exact) mass is 720 g/mol. The van der Waals surface area contributed by atoms with E-state index in [2.05, 4.69) is 4.98 Å². The van der Waals surface area contributed by atoms with Gasteiger partial charge >= 0.3 is 13.5 Å². The summed E-state index contributed by atoms with van der Waals surface area (Å²) in [6, 6.07) is 31.8. The number of para-hydroxylation sites is 1. The van der Waals surface area contributed by atoms with Gasteiger partial charge in [-0.25, -0.2) is 9.36 Å². The molecule has 5 aromatic rings. The number of phosphoric acid groups is 1. The van der Waals surface area contributed by atoms with Gasteiger partial charge in [-0.1, -0.05) is 78.3 Å². The lowest BCUT2D eigenvalue weighted by Gasteiger charge is -2.37. The molecular weight excluding hydrogens is 687 g/mol. The Bertz CT molecular complexity index is 2020. The van der Waals surface area contributed by atoms with Gasteiger partial charge in [0.2, 0.25) is 0 Å². The summed E-state index contributed by atoms with van der Waals surface area (Å²) in [5.41, 5.74) is -0.303. The van der Waals surface area contributed by atoms with Gasteiger partial charge in [-0.2, -0.15) is 0 Å². The maximum absolute atomic E-state index is 13.4. The highest BCUT2D eigenvalue weighted by Crippen LogP contribution is 2.50. The van der Waals surface area contributed by atoms with E-state index >= 15 is 0 Å². The molecule has 0 amide bonds. The first-order chi connectivity index (χ1) is 24.1. The third-order valence-corrected chi connectivity index (χ3v) is 9.58. The number of H-pyrrole nitrogens is 1. The number of hydrogen-bond donors (Lipinski definition) is 2. The van der Waals surface area contributed by atoms with Gasteiger partial charge < -0.3 is 23.5 Å². The van der Waals surface area contributed by atoms with Gasteiger partial charge in [0.05, 0.1) is 25.8 Å². The Balaban J connectivity index is 1.40. The molecule has 0 saturated carbocycles. The average molecular weight is 721 g/mol. The summed E-state index contributed by atoms with van der Waals surface area (Å²) in [6.45, 7) is -0.196. The molecule has 0 radical (unpaired) electrons. The van der Waals surface area contributed by atoms with Crippen LogP contribution in [0.5, 0.6) is 17.2 Å². The number of aromatic nitrogens is 2. The Kier molecular flexibility index (Phi) is 10.6. The van der Waals surface area contributed by atoms with Crippen LogP contribution in [0, 0.1) is 0 Å². The van der Waals surface area contributed by atoms with Crippen molar-refractivity contribution in [2.75, 3.05) is 20.8 Å². The standard InChI is InChI=1S/C36H34ClN2O10P/c1-44-27-16-12-25(13-17-27)36(24-8-4-3-5-9-24,26-14-18-28(45-2)19-15-26)46-23-32-31(22-34(47-32)39-21-20-33(40)38-35(39)41)49-50(42,43)48-30-11-7-6-10-29(30)37/h3-21,31-32,34H,22-23H2,1-2H3,(H,42,43)(H,38,40,41)/t31-,32+,34+/m0/s1. The van der Waals surface area contributed by atoms with E-state index in [-0.39, 0.29) is 23.8 Å². The molecule has 0 spiro atoms. The van der Waals surface area contributed by atoms with Crippen LogP contribution in [-0.2, 0) is 24.2 Å². The molecule has 1 aliphatic heterocycles. The molecule has 1 unspecified atom stereocenters. The maximum Gasteiger partial charge on any atom is 0.527 e. The van der Waals surface area contributed by atoms with Gasteiger partial charge in [-0.15, -0.1) is 0 Å². The lowest BCUT2D eigenvalue weighted by molar-refractivity contribution is -0.0932. The molecule has 2 N–H and O–H groups in total. The van der Waals surface area contributed by atoms with E-state index < -0.39 is 43.1 Å². The summed E-state index contributed by atoms with van der Waals surface area (Å²) in [6.07, 6.45) is -1.93. The molecule has 6 rings (SSSR count). The SMILES string of the molecule is COc1ccc(C(OC[C@H]2O[C@@H](n3ccc(=O)[nH]c3=O)C[C@@H]2OP(=O)(O)Oc2ccccc2Cl)(c2ccccc2)c2ccc(OC)cc2)cc1. The fraction of sp³-hybridized carbons (Fsp3) is 0.222. The number of nitrogens with zero attached hydrogens (tertiary/aromatic N) is 1. The molecule has 50 heavy (non-hydrogen) atoms. The van der Waals surface area contributed by atoms with E-state index in [0.29, 0.717) is 11.5 Å². The first-order valence-corrected chi connectivity index (χ1v) is 17.4. The lowest BCUT2D eigenvalue weighted by atomic mass is 9.80. The highest BCUT2D eigenvalue weighted by Gasteiger charge is 2.45. The molecule has 1 fully saturated rings. The van der Waals surface area contributed by atoms with E-state index in [0.717, 1.165) is 16.7 Å². The summed E-state index contributed by atoms with van der Waals surface area (Å²) in [4.78, 5) is 37.7. The second-order valence-electron chi connectivity index (χ2n) is 11.3. The Morgan fingerprint density at radius 2 is 1.44 bits per heavy atom. The Labute approximate surface area is 292 Å². The van der Waals surface area contributed by atoms with Crippen molar-refractivity contribution in [3.63, 3.8) is 0 Å². The molecule has 1 aliphatic rings. The number of methoxy groups -OCH3 is 2. The van der Waals surface area contributed by atoms with Crippen molar-refractivity contribution in [2.24, 2.45) is 0 Å². The van der Waals surface area contributed by atoms with Crippen LogP contribution in [0.1, 0.15) is 29.3 Å². The third kappa shape index (κ3) is 7.56. The normalized spacial score (nSPS) is 18.7. The predicted octanol–water partition coefficient (Wildman–Crippen LogP) is 6.07.